The molecule has 2 unspecified atom stereocenters. The van der Waals surface area contributed by atoms with Crippen molar-refractivity contribution < 1.29 is 24.2 Å². The standard InChI is InChI=1S/C24H24N2O5S/c1-24(2,3)12-26-17-8-7-14(11-25)9-16(17)22(32-19(23(26)29)10-20(27)28)15-5-4-6-18-21(15)31-13-30-18/h4-9,19,22H,10,12-13H2,1-3H3,(H,27,28). The number of nitrogens with zero attached hydrogens (tertiary/aromatic N) is 2. The maximum atomic E-state index is 13.6. The molecule has 2 aromatic rings. The van der Waals surface area contributed by atoms with Crippen LogP contribution in [0.4, 0.5) is 5.69 Å². The van der Waals surface area contributed by atoms with E-state index in [-0.39, 0.29) is 24.5 Å². The summed E-state index contributed by atoms with van der Waals surface area (Å²) >= 11 is 1.28. The van der Waals surface area contributed by atoms with Gasteiger partial charge in [0.1, 0.15) is 0 Å². The lowest BCUT2D eigenvalue weighted by atomic mass is 9.93. The molecule has 2 atom stereocenters. The smallest absolute Gasteiger partial charge is 0.305 e. The summed E-state index contributed by atoms with van der Waals surface area (Å²) in [6, 6.07) is 13.0. The molecule has 8 heteroatoms. The van der Waals surface area contributed by atoms with Crippen molar-refractivity contribution in [2.24, 2.45) is 5.41 Å². The fraction of sp³-hybridized carbons (Fsp3) is 0.375. The highest BCUT2D eigenvalue weighted by molar-refractivity contribution is 8.01. The highest BCUT2D eigenvalue weighted by atomic mass is 32.2. The van der Waals surface area contributed by atoms with Crippen molar-refractivity contribution in [3.8, 4) is 17.6 Å². The Bertz CT molecular complexity index is 1120. The quantitative estimate of drug-likeness (QED) is 0.736. The molecule has 0 bridgehead atoms. The molecule has 0 aliphatic carbocycles. The number of carboxylic acids is 1. The minimum absolute atomic E-state index is 0.0997. The van der Waals surface area contributed by atoms with Crippen LogP contribution in [0.3, 0.4) is 0 Å². The van der Waals surface area contributed by atoms with Gasteiger partial charge in [0.15, 0.2) is 11.5 Å². The predicted octanol–water partition coefficient (Wildman–Crippen LogP) is 4.35. The van der Waals surface area contributed by atoms with Crippen LogP contribution in [0.5, 0.6) is 11.5 Å². The van der Waals surface area contributed by atoms with Gasteiger partial charge in [-0.15, -0.1) is 11.8 Å². The number of carbonyl (C=O) groups is 2. The third-order valence-electron chi connectivity index (χ3n) is 5.27. The molecule has 0 radical (unpaired) electrons. The normalized spacial score (nSPS) is 19.8. The molecular weight excluding hydrogens is 428 g/mol. The molecule has 0 saturated carbocycles. The number of carboxylic acid groups (broad SMARTS) is 1. The Morgan fingerprint density at radius 3 is 2.72 bits per heavy atom. The number of rotatable bonds is 4. The van der Waals surface area contributed by atoms with Crippen molar-refractivity contribution in [2.45, 2.75) is 37.7 Å². The van der Waals surface area contributed by atoms with Gasteiger partial charge < -0.3 is 19.5 Å². The molecule has 0 spiro atoms. The lowest BCUT2D eigenvalue weighted by Gasteiger charge is -2.31. The number of thioether (sulfide) groups is 1. The first kappa shape index (κ1) is 22.0. The third kappa shape index (κ3) is 4.26. The summed E-state index contributed by atoms with van der Waals surface area (Å²) < 4.78 is 11.3. The zero-order chi connectivity index (χ0) is 23.0. The number of aliphatic carboxylic acids is 1. The van der Waals surface area contributed by atoms with Crippen molar-refractivity contribution in [1.82, 2.24) is 0 Å². The second kappa shape index (κ2) is 8.40. The van der Waals surface area contributed by atoms with Crippen LogP contribution in [0.15, 0.2) is 36.4 Å². The van der Waals surface area contributed by atoms with Gasteiger partial charge in [0.2, 0.25) is 12.7 Å². The van der Waals surface area contributed by atoms with E-state index in [1.54, 1.807) is 23.1 Å². The van der Waals surface area contributed by atoms with Crippen molar-refractivity contribution in [2.75, 3.05) is 18.2 Å². The van der Waals surface area contributed by atoms with Gasteiger partial charge in [0.25, 0.3) is 0 Å². The largest absolute Gasteiger partial charge is 0.481 e. The summed E-state index contributed by atoms with van der Waals surface area (Å²) in [5.74, 6) is -0.0838. The van der Waals surface area contributed by atoms with Crippen LogP contribution in [-0.2, 0) is 9.59 Å². The number of benzene rings is 2. The summed E-state index contributed by atoms with van der Waals surface area (Å²) in [7, 11) is 0. The van der Waals surface area contributed by atoms with Gasteiger partial charge in [-0.05, 0) is 35.2 Å². The second-order valence-corrected chi connectivity index (χ2v) is 10.4. The van der Waals surface area contributed by atoms with E-state index in [1.807, 2.05) is 39.0 Å². The molecule has 2 aliphatic rings. The number of anilines is 1. The number of hydrogen-bond donors (Lipinski definition) is 1. The highest BCUT2D eigenvalue weighted by Crippen LogP contribution is 2.52. The Morgan fingerprint density at radius 2 is 2.03 bits per heavy atom. The van der Waals surface area contributed by atoms with Gasteiger partial charge in [0, 0.05) is 17.8 Å². The van der Waals surface area contributed by atoms with Gasteiger partial charge in [-0.1, -0.05) is 32.9 Å². The van der Waals surface area contributed by atoms with E-state index in [4.69, 9.17) is 9.47 Å². The Balaban J connectivity index is 1.93. The number of carbonyl (C=O) groups excluding carboxylic acids is 1. The Labute approximate surface area is 190 Å². The van der Waals surface area contributed by atoms with E-state index < -0.39 is 16.5 Å². The lowest BCUT2D eigenvalue weighted by Crippen LogP contribution is -2.42. The minimum Gasteiger partial charge on any atom is -0.481 e. The van der Waals surface area contributed by atoms with Crippen LogP contribution < -0.4 is 14.4 Å². The number of nitriles is 1. The van der Waals surface area contributed by atoms with Gasteiger partial charge in [-0.2, -0.15) is 5.26 Å². The SMILES string of the molecule is CC(C)(C)CN1C(=O)C(CC(=O)O)SC(c2cccc3c2OCO3)c2cc(C#N)ccc21. The van der Waals surface area contributed by atoms with E-state index in [2.05, 4.69) is 6.07 Å². The molecule has 2 heterocycles. The first-order valence-corrected chi connectivity index (χ1v) is 11.2. The van der Waals surface area contributed by atoms with E-state index in [1.165, 1.54) is 11.8 Å². The number of fused-ring (bicyclic) bond motifs is 2. The first-order valence-electron chi connectivity index (χ1n) is 10.3. The van der Waals surface area contributed by atoms with Crippen molar-refractivity contribution in [1.29, 1.82) is 5.26 Å². The number of para-hydroxylation sites is 1. The first-order chi connectivity index (χ1) is 15.2. The Kier molecular flexibility index (Phi) is 5.78. The van der Waals surface area contributed by atoms with Gasteiger partial charge >= 0.3 is 5.97 Å². The molecule has 4 rings (SSSR count). The summed E-state index contributed by atoms with van der Waals surface area (Å²) in [5, 5.41) is 17.9. The summed E-state index contributed by atoms with van der Waals surface area (Å²) in [4.78, 5) is 26.9. The molecule has 0 saturated heterocycles. The Morgan fingerprint density at radius 1 is 1.25 bits per heavy atom. The second-order valence-electron chi connectivity index (χ2n) is 9.05. The highest BCUT2D eigenvalue weighted by Gasteiger charge is 2.40. The molecule has 32 heavy (non-hydrogen) atoms. The van der Waals surface area contributed by atoms with Crippen LogP contribution >= 0.6 is 11.8 Å². The van der Waals surface area contributed by atoms with Crippen LogP contribution in [0, 0.1) is 16.7 Å². The van der Waals surface area contributed by atoms with E-state index in [0.717, 1.165) is 11.1 Å². The predicted molar refractivity (Wildman–Crippen MR) is 121 cm³/mol. The van der Waals surface area contributed by atoms with Crippen LogP contribution in [0.25, 0.3) is 0 Å². The maximum absolute atomic E-state index is 13.6. The number of ether oxygens (including phenoxy) is 2. The molecule has 1 N–H and O–H groups in total. The van der Waals surface area contributed by atoms with E-state index in [9.17, 15) is 20.0 Å². The fourth-order valence-electron chi connectivity index (χ4n) is 4.00. The number of hydrogen-bond acceptors (Lipinski definition) is 6. The average Bonchev–Trinajstić information content (AvgIpc) is 3.19. The molecule has 1 amide bonds. The van der Waals surface area contributed by atoms with Crippen molar-refractivity contribution in [3.05, 3.63) is 53.1 Å². The fourth-order valence-corrected chi connectivity index (χ4v) is 5.48. The van der Waals surface area contributed by atoms with E-state index >= 15 is 0 Å². The lowest BCUT2D eigenvalue weighted by molar-refractivity contribution is -0.138. The zero-order valence-electron chi connectivity index (χ0n) is 18.1. The maximum Gasteiger partial charge on any atom is 0.305 e. The van der Waals surface area contributed by atoms with Crippen molar-refractivity contribution in [3.63, 3.8) is 0 Å². The third-order valence-corrected chi connectivity index (χ3v) is 6.75. The Hall–Kier alpha value is -3.18. The summed E-state index contributed by atoms with van der Waals surface area (Å²) in [6.07, 6.45) is -0.299. The molecule has 2 aromatic carbocycles. The van der Waals surface area contributed by atoms with E-state index in [0.29, 0.717) is 29.3 Å². The van der Waals surface area contributed by atoms with Crippen molar-refractivity contribution >= 4 is 29.3 Å². The molecule has 0 fully saturated rings. The number of amides is 1. The topological polar surface area (TPSA) is 99.9 Å². The minimum atomic E-state index is -1.04. The van der Waals surface area contributed by atoms with Gasteiger partial charge in [0.05, 0.1) is 28.6 Å². The van der Waals surface area contributed by atoms with Crippen LogP contribution in [0.2, 0.25) is 0 Å². The molecule has 2 aliphatic heterocycles. The summed E-state index contributed by atoms with van der Waals surface area (Å²) in [6.45, 7) is 6.60. The van der Waals surface area contributed by atoms with Gasteiger partial charge in [-0.3, -0.25) is 9.59 Å². The molecule has 166 valence electrons. The monoisotopic (exact) mass is 452 g/mol. The molecule has 0 aromatic heterocycles. The summed E-state index contributed by atoms with van der Waals surface area (Å²) in [5.41, 5.74) is 2.51. The van der Waals surface area contributed by atoms with Gasteiger partial charge in [-0.25, -0.2) is 0 Å². The molecule has 7 nitrogen and oxygen atoms in total. The molecular formula is C24H24N2O5S. The average molecular weight is 453 g/mol. The zero-order valence-corrected chi connectivity index (χ0v) is 18.9. The van der Waals surface area contributed by atoms with Crippen LogP contribution in [0.1, 0.15) is 49.1 Å². The van der Waals surface area contributed by atoms with Crippen LogP contribution in [-0.4, -0.2) is 35.6 Å².